The molecule has 0 aliphatic carbocycles. The van der Waals surface area contributed by atoms with Gasteiger partial charge in [0.15, 0.2) is 0 Å². The molecule has 0 bridgehead atoms. The number of carbonyl (C=O) groups is 3. The summed E-state index contributed by atoms with van der Waals surface area (Å²) in [6, 6.07) is 5.86. The molecule has 7 nitrogen and oxygen atoms in total. The summed E-state index contributed by atoms with van der Waals surface area (Å²) in [7, 11) is 0. The maximum absolute atomic E-state index is 12.2. The van der Waals surface area contributed by atoms with Crippen molar-refractivity contribution in [1.82, 2.24) is 10.6 Å². The molecule has 7 heteroatoms. The summed E-state index contributed by atoms with van der Waals surface area (Å²) >= 11 is 0. The second kappa shape index (κ2) is 6.78. The van der Waals surface area contributed by atoms with Gasteiger partial charge in [-0.2, -0.15) is 0 Å². The van der Waals surface area contributed by atoms with Crippen LogP contribution in [0.25, 0.3) is 0 Å². The molecule has 122 valence electrons. The number of nitrogens with one attached hydrogen (secondary N) is 3. The minimum Gasteiger partial charge on any atom is -0.376 e. The molecule has 1 aromatic carbocycles. The van der Waals surface area contributed by atoms with Gasteiger partial charge >= 0.3 is 0 Å². The Bertz CT molecular complexity index is 626. The molecule has 23 heavy (non-hydrogen) atoms. The molecule has 2 aliphatic heterocycles. The molecule has 0 aromatic heterocycles. The van der Waals surface area contributed by atoms with Crippen LogP contribution in [0.5, 0.6) is 0 Å². The van der Waals surface area contributed by atoms with Gasteiger partial charge in [-0.25, -0.2) is 0 Å². The van der Waals surface area contributed by atoms with Gasteiger partial charge in [-0.3, -0.25) is 14.4 Å². The summed E-state index contributed by atoms with van der Waals surface area (Å²) in [5.74, 6) is -1.04. The van der Waals surface area contributed by atoms with E-state index >= 15 is 0 Å². The van der Waals surface area contributed by atoms with Gasteiger partial charge in [-0.15, -0.1) is 0 Å². The number of hydrogen-bond donors (Lipinski definition) is 3. The molecule has 1 aromatic rings. The maximum atomic E-state index is 12.2. The van der Waals surface area contributed by atoms with Crippen molar-refractivity contribution in [2.75, 3.05) is 18.5 Å². The number of carbonyl (C=O) groups excluding carboxylic acids is 3. The highest BCUT2D eigenvalue weighted by molar-refractivity contribution is 6.10. The van der Waals surface area contributed by atoms with Gasteiger partial charge in [-0.1, -0.05) is 12.1 Å². The van der Waals surface area contributed by atoms with E-state index < -0.39 is 11.9 Å². The summed E-state index contributed by atoms with van der Waals surface area (Å²) < 4.78 is 5.43. The SMILES string of the molecule is O=C(C[C@H]1NC(=O)c2ccccc2NC1=O)NC[C@H]1CCCO1. The minimum absolute atomic E-state index is 0.0424. The van der Waals surface area contributed by atoms with Gasteiger partial charge in [0.1, 0.15) is 6.04 Å². The van der Waals surface area contributed by atoms with Crippen LogP contribution in [0.4, 0.5) is 5.69 Å². The Kier molecular flexibility index (Phi) is 4.57. The van der Waals surface area contributed by atoms with E-state index in [9.17, 15) is 14.4 Å². The highest BCUT2D eigenvalue weighted by Gasteiger charge is 2.29. The molecule has 3 amide bonds. The van der Waals surface area contributed by atoms with Crippen LogP contribution in [-0.2, 0) is 14.3 Å². The van der Waals surface area contributed by atoms with Crippen molar-refractivity contribution in [2.24, 2.45) is 0 Å². The van der Waals surface area contributed by atoms with Gasteiger partial charge in [0, 0.05) is 13.2 Å². The number of rotatable bonds is 4. The van der Waals surface area contributed by atoms with Crippen LogP contribution in [0.1, 0.15) is 29.6 Å². The normalized spacial score (nSPS) is 23.5. The molecule has 2 aliphatic rings. The third-order valence-electron chi connectivity index (χ3n) is 3.99. The van der Waals surface area contributed by atoms with E-state index in [1.54, 1.807) is 24.3 Å². The van der Waals surface area contributed by atoms with Gasteiger partial charge in [0.2, 0.25) is 11.8 Å². The number of para-hydroxylation sites is 1. The van der Waals surface area contributed by atoms with Crippen LogP contribution in [0.3, 0.4) is 0 Å². The van der Waals surface area contributed by atoms with Crippen molar-refractivity contribution >= 4 is 23.4 Å². The fourth-order valence-electron chi connectivity index (χ4n) is 2.75. The molecule has 0 radical (unpaired) electrons. The molecule has 3 rings (SSSR count). The fourth-order valence-corrected chi connectivity index (χ4v) is 2.75. The van der Waals surface area contributed by atoms with Crippen LogP contribution < -0.4 is 16.0 Å². The van der Waals surface area contributed by atoms with Crippen LogP contribution in [-0.4, -0.2) is 43.0 Å². The second-order valence-electron chi connectivity index (χ2n) is 5.70. The fraction of sp³-hybridized carbons (Fsp3) is 0.438. The predicted octanol–water partition coefficient (Wildman–Crippen LogP) is 0.422. The van der Waals surface area contributed by atoms with E-state index in [-0.39, 0.29) is 24.3 Å². The largest absolute Gasteiger partial charge is 0.376 e. The first-order valence-corrected chi connectivity index (χ1v) is 7.72. The van der Waals surface area contributed by atoms with E-state index in [1.807, 2.05) is 0 Å². The lowest BCUT2D eigenvalue weighted by molar-refractivity contribution is -0.126. The third-order valence-corrected chi connectivity index (χ3v) is 3.99. The Morgan fingerprint density at radius 3 is 2.91 bits per heavy atom. The van der Waals surface area contributed by atoms with Gasteiger partial charge in [0.05, 0.1) is 23.8 Å². The van der Waals surface area contributed by atoms with Crippen molar-refractivity contribution in [3.63, 3.8) is 0 Å². The molecule has 2 atom stereocenters. The number of anilines is 1. The Morgan fingerprint density at radius 2 is 2.13 bits per heavy atom. The zero-order valence-electron chi connectivity index (χ0n) is 12.6. The lowest BCUT2D eigenvalue weighted by Gasteiger charge is -2.15. The highest BCUT2D eigenvalue weighted by Crippen LogP contribution is 2.18. The molecule has 0 saturated carbocycles. The van der Waals surface area contributed by atoms with Crippen molar-refractivity contribution in [3.05, 3.63) is 29.8 Å². The smallest absolute Gasteiger partial charge is 0.254 e. The van der Waals surface area contributed by atoms with Crippen molar-refractivity contribution in [1.29, 1.82) is 0 Å². The Balaban J connectivity index is 1.59. The summed E-state index contributed by atoms with van der Waals surface area (Å²) in [6.45, 7) is 1.15. The highest BCUT2D eigenvalue weighted by atomic mass is 16.5. The van der Waals surface area contributed by atoms with Crippen molar-refractivity contribution in [2.45, 2.75) is 31.4 Å². The van der Waals surface area contributed by atoms with Crippen LogP contribution in [0.15, 0.2) is 24.3 Å². The van der Waals surface area contributed by atoms with Gasteiger partial charge in [0.25, 0.3) is 5.91 Å². The first-order valence-electron chi connectivity index (χ1n) is 7.72. The molecular weight excluding hydrogens is 298 g/mol. The molecule has 2 heterocycles. The Hall–Kier alpha value is -2.41. The van der Waals surface area contributed by atoms with Crippen molar-refractivity contribution in [3.8, 4) is 0 Å². The number of amides is 3. The first-order chi connectivity index (χ1) is 11.1. The van der Waals surface area contributed by atoms with Crippen LogP contribution >= 0.6 is 0 Å². The van der Waals surface area contributed by atoms with Crippen LogP contribution in [0.2, 0.25) is 0 Å². The summed E-state index contributed by atoms with van der Waals surface area (Å²) in [6.07, 6.45) is 1.87. The topological polar surface area (TPSA) is 96.5 Å². The average molecular weight is 317 g/mol. The van der Waals surface area contributed by atoms with E-state index in [2.05, 4.69) is 16.0 Å². The summed E-state index contributed by atoms with van der Waals surface area (Å²) in [4.78, 5) is 36.4. The van der Waals surface area contributed by atoms with Crippen LogP contribution in [0, 0.1) is 0 Å². The zero-order valence-corrected chi connectivity index (χ0v) is 12.6. The second-order valence-corrected chi connectivity index (χ2v) is 5.70. The monoisotopic (exact) mass is 317 g/mol. The van der Waals surface area contributed by atoms with Crippen molar-refractivity contribution < 1.29 is 19.1 Å². The minimum atomic E-state index is -0.889. The Labute approximate surface area is 133 Å². The number of fused-ring (bicyclic) bond motifs is 1. The maximum Gasteiger partial charge on any atom is 0.254 e. The zero-order chi connectivity index (χ0) is 16.2. The molecule has 3 N–H and O–H groups in total. The number of ether oxygens (including phenoxy) is 1. The van der Waals surface area contributed by atoms with Gasteiger partial charge in [-0.05, 0) is 25.0 Å². The number of benzene rings is 1. The molecule has 1 saturated heterocycles. The summed E-state index contributed by atoms with van der Waals surface area (Å²) in [5.41, 5.74) is 0.848. The average Bonchev–Trinajstić information content (AvgIpc) is 3.02. The van der Waals surface area contributed by atoms with Gasteiger partial charge < -0.3 is 20.7 Å². The molecular formula is C16H19N3O4. The van der Waals surface area contributed by atoms with E-state index in [0.717, 1.165) is 19.4 Å². The Morgan fingerprint density at radius 1 is 1.30 bits per heavy atom. The lowest BCUT2D eigenvalue weighted by atomic mass is 10.1. The standard InChI is InChI=1S/C16H19N3O4/c20-14(17-9-10-4-3-7-23-10)8-13-16(22)18-12-6-2-1-5-11(12)15(21)19-13/h1-2,5-6,10,13H,3-4,7-9H2,(H,17,20)(H,18,22)(H,19,21)/t10-,13-/m1/s1. The molecule has 1 fully saturated rings. The quantitative estimate of drug-likeness (QED) is 0.750. The van der Waals surface area contributed by atoms with E-state index in [1.165, 1.54) is 0 Å². The lowest BCUT2D eigenvalue weighted by Crippen LogP contribution is -2.45. The van der Waals surface area contributed by atoms with E-state index in [4.69, 9.17) is 4.74 Å². The van der Waals surface area contributed by atoms with E-state index in [0.29, 0.717) is 17.8 Å². The molecule has 0 spiro atoms. The number of hydrogen-bond acceptors (Lipinski definition) is 4. The first kappa shape index (κ1) is 15.5. The third kappa shape index (κ3) is 3.68. The molecule has 0 unspecified atom stereocenters. The summed E-state index contributed by atoms with van der Waals surface area (Å²) in [5, 5.41) is 8.03. The predicted molar refractivity (Wildman–Crippen MR) is 82.9 cm³/mol.